The molecule has 0 heterocycles. The SMILES string of the molecule is CCCNC(CCc1ccc(C)cc1)C1CCCC(C)C1. The van der Waals surface area contributed by atoms with E-state index in [0.29, 0.717) is 6.04 Å². The van der Waals surface area contributed by atoms with Crippen molar-refractivity contribution in [1.29, 1.82) is 0 Å². The Morgan fingerprint density at radius 1 is 1.19 bits per heavy atom. The second kappa shape index (κ2) is 8.58. The van der Waals surface area contributed by atoms with Crippen molar-refractivity contribution < 1.29 is 0 Å². The third-order valence-corrected chi connectivity index (χ3v) is 5.07. The number of nitrogens with one attached hydrogen (secondary N) is 1. The molecule has 0 amide bonds. The highest BCUT2D eigenvalue weighted by Crippen LogP contribution is 2.32. The number of aryl methyl sites for hydroxylation is 2. The molecular formula is C20H33N. The molecule has 0 bridgehead atoms. The van der Waals surface area contributed by atoms with Gasteiger partial charge in [-0.25, -0.2) is 0 Å². The number of rotatable bonds is 7. The van der Waals surface area contributed by atoms with Gasteiger partial charge in [0.05, 0.1) is 0 Å². The predicted molar refractivity (Wildman–Crippen MR) is 92.7 cm³/mol. The first-order valence-electron chi connectivity index (χ1n) is 8.98. The lowest BCUT2D eigenvalue weighted by atomic mass is 9.77. The van der Waals surface area contributed by atoms with Crippen LogP contribution in [0.25, 0.3) is 0 Å². The third-order valence-electron chi connectivity index (χ3n) is 5.07. The lowest BCUT2D eigenvalue weighted by Gasteiger charge is -2.34. The van der Waals surface area contributed by atoms with E-state index in [1.807, 2.05) is 0 Å². The van der Waals surface area contributed by atoms with Crippen LogP contribution in [0, 0.1) is 18.8 Å². The minimum absolute atomic E-state index is 0.717. The standard InChI is InChI=1S/C20H33N/c1-4-14-21-20(19-7-5-6-17(3)15-19)13-12-18-10-8-16(2)9-11-18/h8-11,17,19-21H,4-7,12-15H2,1-3H3. The third kappa shape index (κ3) is 5.47. The molecule has 118 valence electrons. The minimum Gasteiger partial charge on any atom is -0.314 e. The van der Waals surface area contributed by atoms with Crippen molar-refractivity contribution >= 4 is 0 Å². The van der Waals surface area contributed by atoms with Crippen molar-refractivity contribution in [3.63, 3.8) is 0 Å². The van der Waals surface area contributed by atoms with Gasteiger partial charge in [0.15, 0.2) is 0 Å². The fourth-order valence-corrected chi connectivity index (χ4v) is 3.76. The summed E-state index contributed by atoms with van der Waals surface area (Å²) in [5.74, 6) is 1.82. The van der Waals surface area contributed by atoms with Crippen LogP contribution in [0.15, 0.2) is 24.3 Å². The lowest BCUT2D eigenvalue weighted by molar-refractivity contribution is 0.215. The molecule has 0 saturated heterocycles. The Hall–Kier alpha value is -0.820. The Labute approximate surface area is 131 Å². The Morgan fingerprint density at radius 3 is 2.62 bits per heavy atom. The van der Waals surface area contributed by atoms with Gasteiger partial charge in [-0.2, -0.15) is 0 Å². The van der Waals surface area contributed by atoms with Gasteiger partial charge in [0.2, 0.25) is 0 Å². The van der Waals surface area contributed by atoms with Crippen LogP contribution in [0.1, 0.15) is 63.5 Å². The van der Waals surface area contributed by atoms with Crippen LogP contribution < -0.4 is 5.32 Å². The first-order valence-corrected chi connectivity index (χ1v) is 8.98. The van der Waals surface area contributed by atoms with E-state index in [-0.39, 0.29) is 0 Å². The van der Waals surface area contributed by atoms with E-state index in [1.54, 1.807) is 0 Å². The van der Waals surface area contributed by atoms with Crippen LogP contribution in [0.3, 0.4) is 0 Å². The van der Waals surface area contributed by atoms with Crippen LogP contribution in [-0.4, -0.2) is 12.6 Å². The summed E-state index contributed by atoms with van der Waals surface area (Å²) >= 11 is 0. The van der Waals surface area contributed by atoms with Crippen LogP contribution in [-0.2, 0) is 6.42 Å². The molecule has 21 heavy (non-hydrogen) atoms. The zero-order valence-corrected chi connectivity index (χ0v) is 14.2. The summed E-state index contributed by atoms with van der Waals surface area (Å²) in [5, 5.41) is 3.84. The Bertz CT molecular complexity index is 395. The van der Waals surface area contributed by atoms with Gasteiger partial charge < -0.3 is 5.32 Å². The highest BCUT2D eigenvalue weighted by molar-refractivity contribution is 5.21. The van der Waals surface area contributed by atoms with Crippen LogP contribution in [0.4, 0.5) is 0 Å². The Kier molecular flexibility index (Phi) is 6.76. The molecule has 1 heteroatoms. The highest BCUT2D eigenvalue weighted by Gasteiger charge is 2.25. The largest absolute Gasteiger partial charge is 0.314 e. The summed E-state index contributed by atoms with van der Waals surface area (Å²) in [4.78, 5) is 0. The van der Waals surface area contributed by atoms with Gasteiger partial charge in [0.25, 0.3) is 0 Å². The predicted octanol–water partition coefficient (Wildman–Crippen LogP) is 5.12. The normalized spacial score (nSPS) is 24.0. The van der Waals surface area contributed by atoms with Crippen LogP contribution in [0.5, 0.6) is 0 Å². The zero-order chi connectivity index (χ0) is 15.1. The smallest absolute Gasteiger partial charge is 0.00985 e. The summed E-state index contributed by atoms with van der Waals surface area (Å²) in [6.45, 7) is 8.04. The number of hydrogen-bond donors (Lipinski definition) is 1. The maximum atomic E-state index is 3.84. The quantitative estimate of drug-likeness (QED) is 0.733. The molecule has 1 aliphatic carbocycles. The van der Waals surface area contributed by atoms with Crippen molar-refractivity contribution in [3.8, 4) is 0 Å². The molecule has 0 spiro atoms. The minimum atomic E-state index is 0.717. The Morgan fingerprint density at radius 2 is 1.95 bits per heavy atom. The van der Waals surface area contributed by atoms with E-state index in [9.17, 15) is 0 Å². The van der Waals surface area contributed by atoms with Gasteiger partial charge in [-0.1, -0.05) is 56.5 Å². The average molecular weight is 287 g/mol. The zero-order valence-electron chi connectivity index (χ0n) is 14.2. The highest BCUT2D eigenvalue weighted by atomic mass is 14.9. The average Bonchev–Trinajstić information content (AvgIpc) is 2.49. The molecule has 1 saturated carbocycles. The van der Waals surface area contributed by atoms with E-state index >= 15 is 0 Å². The van der Waals surface area contributed by atoms with Gasteiger partial charge in [0, 0.05) is 6.04 Å². The second-order valence-electron chi connectivity index (χ2n) is 7.12. The topological polar surface area (TPSA) is 12.0 Å². The molecule has 3 atom stereocenters. The monoisotopic (exact) mass is 287 g/mol. The second-order valence-corrected chi connectivity index (χ2v) is 7.12. The van der Waals surface area contributed by atoms with Crippen molar-refractivity contribution in [2.45, 2.75) is 71.8 Å². The summed E-state index contributed by atoms with van der Waals surface area (Å²) in [7, 11) is 0. The molecule has 2 rings (SSSR count). The van der Waals surface area contributed by atoms with Gasteiger partial charge in [-0.3, -0.25) is 0 Å². The van der Waals surface area contributed by atoms with Crippen molar-refractivity contribution in [2.24, 2.45) is 11.8 Å². The summed E-state index contributed by atoms with van der Waals surface area (Å²) in [6.07, 6.45) is 9.47. The van der Waals surface area contributed by atoms with Crippen LogP contribution in [0.2, 0.25) is 0 Å². The summed E-state index contributed by atoms with van der Waals surface area (Å²) in [6, 6.07) is 9.80. The van der Waals surface area contributed by atoms with E-state index in [2.05, 4.69) is 50.4 Å². The molecule has 3 unspecified atom stereocenters. The van der Waals surface area contributed by atoms with Gasteiger partial charge in [-0.15, -0.1) is 0 Å². The maximum Gasteiger partial charge on any atom is 0.00985 e. The molecular weight excluding hydrogens is 254 g/mol. The lowest BCUT2D eigenvalue weighted by Crippen LogP contribution is -2.39. The molecule has 0 radical (unpaired) electrons. The molecule has 1 nitrogen and oxygen atoms in total. The van der Waals surface area contributed by atoms with E-state index < -0.39 is 0 Å². The fraction of sp³-hybridized carbons (Fsp3) is 0.700. The van der Waals surface area contributed by atoms with E-state index in [4.69, 9.17) is 0 Å². The van der Waals surface area contributed by atoms with Crippen molar-refractivity contribution in [3.05, 3.63) is 35.4 Å². The van der Waals surface area contributed by atoms with Gasteiger partial charge >= 0.3 is 0 Å². The molecule has 1 N–H and O–H groups in total. The van der Waals surface area contributed by atoms with Crippen molar-refractivity contribution in [2.75, 3.05) is 6.54 Å². The van der Waals surface area contributed by atoms with Crippen LogP contribution >= 0.6 is 0 Å². The molecule has 0 aliphatic heterocycles. The number of benzene rings is 1. The van der Waals surface area contributed by atoms with E-state index in [0.717, 1.165) is 11.8 Å². The van der Waals surface area contributed by atoms with Gasteiger partial charge in [0.1, 0.15) is 0 Å². The molecule has 1 aromatic rings. The molecule has 0 aromatic heterocycles. The Balaban J connectivity index is 1.90. The van der Waals surface area contributed by atoms with Gasteiger partial charge in [-0.05, 0) is 63.0 Å². The summed E-state index contributed by atoms with van der Waals surface area (Å²) < 4.78 is 0. The van der Waals surface area contributed by atoms with E-state index in [1.165, 1.54) is 62.6 Å². The summed E-state index contributed by atoms with van der Waals surface area (Å²) in [5.41, 5.74) is 2.85. The fourth-order valence-electron chi connectivity index (χ4n) is 3.76. The maximum absolute atomic E-state index is 3.84. The molecule has 1 aliphatic rings. The molecule has 1 fully saturated rings. The first kappa shape index (κ1) is 16.5. The first-order chi connectivity index (χ1) is 10.2. The van der Waals surface area contributed by atoms with Crippen molar-refractivity contribution in [1.82, 2.24) is 5.32 Å². The number of hydrogen-bond acceptors (Lipinski definition) is 1. The molecule has 1 aromatic carbocycles.